The van der Waals surface area contributed by atoms with Gasteiger partial charge < -0.3 is 15.6 Å². The molecular weight excluding hydrogens is 440 g/mol. The number of rotatable bonds is 5. The summed E-state index contributed by atoms with van der Waals surface area (Å²) < 4.78 is 6.23. The SMILES string of the molecule is CC[C@@]1(C)C[C@H](OC(=O)CSc2n[nH]c(N)n2)[C@@]2(C)[C@@H](C)CC[C@@]3(CCC(=O)[C@@H]32)[C@H](C)[C@H]1O. The molecule has 3 saturated carbocycles. The Bertz CT molecular complexity index is 924. The van der Waals surface area contributed by atoms with Crippen LogP contribution in [-0.2, 0) is 14.3 Å². The summed E-state index contributed by atoms with van der Waals surface area (Å²) in [6, 6.07) is 0. The Kier molecular flexibility index (Phi) is 6.36. The quantitative estimate of drug-likeness (QED) is 0.432. The molecule has 8 nitrogen and oxygen atoms in total. The van der Waals surface area contributed by atoms with E-state index in [0.29, 0.717) is 18.0 Å². The average molecular weight is 479 g/mol. The third-order valence-corrected chi connectivity index (χ3v) is 10.6. The van der Waals surface area contributed by atoms with Crippen molar-refractivity contribution >= 4 is 29.5 Å². The minimum absolute atomic E-state index is 0.0223. The summed E-state index contributed by atoms with van der Waals surface area (Å²) in [5, 5.41) is 18.5. The van der Waals surface area contributed by atoms with Gasteiger partial charge in [-0.15, -0.1) is 5.10 Å². The molecule has 1 aromatic heterocycles. The number of aromatic amines is 1. The van der Waals surface area contributed by atoms with Crippen molar-refractivity contribution in [2.45, 2.75) is 90.5 Å². The lowest BCUT2D eigenvalue weighted by molar-refractivity contribution is -0.211. The van der Waals surface area contributed by atoms with Gasteiger partial charge in [0, 0.05) is 17.8 Å². The van der Waals surface area contributed by atoms with Crippen molar-refractivity contribution in [3.8, 4) is 0 Å². The molecule has 3 aliphatic carbocycles. The smallest absolute Gasteiger partial charge is 0.316 e. The standard InChI is InChI=1S/C24H38N4O4S/c1-6-22(4)11-16(32-17(30)12-33-21-26-20(25)27-28-21)23(5)13(2)7-9-24(14(3)19(22)31)10-8-15(29)18(23)24/h13-14,16,18-19,31H,6-12H2,1-5H3,(H3,25,26,27,28)/t13-,14+,16-,18+,19+,22-,23+,24+/m0/s1. The van der Waals surface area contributed by atoms with Gasteiger partial charge in [0.05, 0.1) is 11.9 Å². The predicted octanol–water partition coefficient (Wildman–Crippen LogP) is 3.61. The number of anilines is 1. The van der Waals surface area contributed by atoms with Crippen LogP contribution in [0.4, 0.5) is 5.95 Å². The zero-order chi connectivity index (χ0) is 24.2. The number of nitrogens with one attached hydrogen (secondary N) is 1. The number of aromatic nitrogens is 3. The topological polar surface area (TPSA) is 131 Å². The third kappa shape index (κ3) is 3.79. The number of ketones is 1. The van der Waals surface area contributed by atoms with Crippen molar-refractivity contribution in [2.75, 3.05) is 11.5 Å². The molecule has 0 radical (unpaired) electrons. The highest BCUT2D eigenvalue weighted by Gasteiger charge is 2.68. The van der Waals surface area contributed by atoms with Crippen LogP contribution in [0.15, 0.2) is 5.16 Å². The van der Waals surface area contributed by atoms with E-state index in [4.69, 9.17) is 10.5 Å². The third-order valence-electron chi connectivity index (χ3n) is 9.78. The van der Waals surface area contributed by atoms with E-state index in [2.05, 4.69) is 49.8 Å². The van der Waals surface area contributed by atoms with Gasteiger partial charge in [0.15, 0.2) is 0 Å². The normalized spacial score (nSPS) is 43.0. The van der Waals surface area contributed by atoms with Gasteiger partial charge in [-0.2, -0.15) is 4.98 Å². The van der Waals surface area contributed by atoms with E-state index in [1.54, 1.807) is 0 Å². The number of aliphatic hydroxyl groups excluding tert-OH is 1. The number of hydrogen-bond donors (Lipinski definition) is 3. The Labute approximate surface area is 200 Å². The Balaban J connectivity index is 1.69. The van der Waals surface area contributed by atoms with Crippen LogP contribution in [0.3, 0.4) is 0 Å². The molecule has 3 aliphatic rings. The summed E-state index contributed by atoms with van der Waals surface area (Å²) in [5.74, 6) is 0.239. The van der Waals surface area contributed by atoms with E-state index < -0.39 is 23.0 Å². The number of esters is 1. The van der Waals surface area contributed by atoms with Gasteiger partial charge in [0.1, 0.15) is 11.9 Å². The van der Waals surface area contributed by atoms with Gasteiger partial charge in [-0.05, 0) is 54.8 Å². The Morgan fingerprint density at radius 2 is 2.06 bits per heavy atom. The maximum Gasteiger partial charge on any atom is 0.316 e. The van der Waals surface area contributed by atoms with E-state index in [1.807, 2.05) is 0 Å². The molecule has 0 amide bonds. The fourth-order valence-corrected chi connectivity index (χ4v) is 7.93. The number of aliphatic hydroxyl groups is 1. The lowest BCUT2D eigenvalue weighted by Crippen LogP contribution is -2.63. The molecule has 8 atom stereocenters. The average Bonchev–Trinajstić information content (AvgIpc) is 3.36. The van der Waals surface area contributed by atoms with Crippen LogP contribution >= 0.6 is 11.8 Å². The van der Waals surface area contributed by atoms with Gasteiger partial charge in [0.2, 0.25) is 11.1 Å². The predicted molar refractivity (Wildman–Crippen MR) is 126 cm³/mol. The van der Waals surface area contributed by atoms with Crippen LogP contribution in [-0.4, -0.2) is 50.0 Å². The van der Waals surface area contributed by atoms with Crippen molar-refractivity contribution in [3.05, 3.63) is 0 Å². The van der Waals surface area contributed by atoms with Crippen molar-refractivity contribution in [2.24, 2.45) is 34.0 Å². The molecule has 3 fully saturated rings. The molecule has 0 aromatic carbocycles. The number of Topliss-reactive ketones (excluding diaryl/α,β-unsaturated/α-hetero) is 1. The molecule has 0 aliphatic heterocycles. The second-order valence-electron chi connectivity index (χ2n) is 11.2. The number of H-pyrrole nitrogens is 1. The van der Waals surface area contributed by atoms with E-state index >= 15 is 0 Å². The molecule has 1 heterocycles. The van der Waals surface area contributed by atoms with Crippen LogP contribution < -0.4 is 5.73 Å². The van der Waals surface area contributed by atoms with Gasteiger partial charge in [-0.25, -0.2) is 5.10 Å². The molecule has 4 N–H and O–H groups in total. The van der Waals surface area contributed by atoms with Crippen LogP contribution in [0.1, 0.15) is 73.1 Å². The van der Waals surface area contributed by atoms with E-state index in [1.165, 1.54) is 11.8 Å². The largest absolute Gasteiger partial charge is 0.461 e. The van der Waals surface area contributed by atoms with Crippen molar-refractivity contribution in [1.82, 2.24) is 15.2 Å². The first kappa shape index (κ1) is 24.5. The first-order valence-electron chi connectivity index (χ1n) is 12.2. The first-order valence-corrected chi connectivity index (χ1v) is 13.2. The first-order chi connectivity index (χ1) is 15.5. The van der Waals surface area contributed by atoms with Crippen molar-refractivity contribution in [1.29, 1.82) is 0 Å². The number of carbonyl (C=O) groups is 2. The molecule has 33 heavy (non-hydrogen) atoms. The van der Waals surface area contributed by atoms with E-state index in [9.17, 15) is 14.7 Å². The lowest BCUT2D eigenvalue weighted by atomic mass is 9.43. The number of carbonyl (C=O) groups excluding carboxylic acids is 2. The fraction of sp³-hybridized carbons (Fsp3) is 0.833. The Morgan fingerprint density at radius 1 is 1.33 bits per heavy atom. The zero-order valence-electron chi connectivity index (χ0n) is 20.4. The Morgan fingerprint density at radius 3 is 2.70 bits per heavy atom. The Hall–Kier alpha value is -1.61. The zero-order valence-corrected chi connectivity index (χ0v) is 21.2. The monoisotopic (exact) mass is 478 g/mol. The minimum Gasteiger partial charge on any atom is -0.461 e. The van der Waals surface area contributed by atoms with E-state index in [-0.39, 0.29) is 46.6 Å². The maximum absolute atomic E-state index is 13.4. The molecular formula is C24H38N4O4S. The number of nitrogens with zero attached hydrogens (tertiary/aromatic N) is 2. The van der Waals surface area contributed by atoms with Crippen LogP contribution in [0.25, 0.3) is 0 Å². The number of thioether (sulfide) groups is 1. The second kappa shape index (κ2) is 8.56. The van der Waals surface area contributed by atoms with E-state index in [0.717, 1.165) is 25.7 Å². The van der Waals surface area contributed by atoms with Crippen molar-refractivity contribution < 1.29 is 19.4 Å². The minimum atomic E-state index is -0.555. The summed E-state index contributed by atoms with van der Waals surface area (Å²) in [4.78, 5) is 30.5. The number of ether oxygens (including phenoxy) is 1. The second-order valence-corrected chi connectivity index (χ2v) is 12.1. The summed E-state index contributed by atoms with van der Waals surface area (Å²) in [7, 11) is 0. The molecule has 0 spiro atoms. The van der Waals surface area contributed by atoms with Crippen molar-refractivity contribution in [3.63, 3.8) is 0 Å². The fourth-order valence-electron chi connectivity index (χ4n) is 7.35. The summed E-state index contributed by atoms with van der Waals surface area (Å²) >= 11 is 1.17. The van der Waals surface area contributed by atoms with Crippen LogP contribution in [0.5, 0.6) is 0 Å². The molecule has 4 rings (SSSR count). The molecule has 0 unspecified atom stereocenters. The summed E-state index contributed by atoms with van der Waals surface area (Å²) in [5.41, 5.74) is 4.47. The lowest BCUT2D eigenvalue weighted by Gasteiger charge is -2.62. The summed E-state index contributed by atoms with van der Waals surface area (Å²) in [6.07, 6.45) is 3.60. The number of nitrogen functional groups attached to an aromatic ring is 1. The van der Waals surface area contributed by atoms with Gasteiger partial charge in [0.25, 0.3) is 0 Å². The van der Waals surface area contributed by atoms with Crippen LogP contribution in [0, 0.1) is 34.0 Å². The number of hydrogen-bond acceptors (Lipinski definition) is 8. The highest BCUT2D eigenvalue weighted by Crippen LogP contribution is 2.68. The molecule has 0 saturated heterocycles. The number of nitrogens with two attached hydrogens (primary N) is 1. The molecule has 184 valence electrons. The summed E-state index contributed by atoms with van der Waals surface area (Å²) in [6.45, 7) is 10.7. The molecule has 9 heteroatoms. The highest BCUT2D eigenvalue weighted by atomic mass is 32.2. The van der Waals surface area contributed by atoms with Gasteiger partial charge >= 0.3 is 5.97 Å². The maximum atomic E-state index is 13.4. The van der Waals surface area contributed by atoms with Gasteiger partial charge in [-0.1, -0.05) is 46.4 Å². The molecule has 2 bridgehead atoms. The van der Waals surface area contributed by atoms with Crippen LogP contribution in [0.2, 0.25) is 0 Å². The van der Waals surface area contributed by atoms with Gasteiger partial charge in [-0.3, -0.25) is 9.59 Å². The highest BCUT2D eigenvalue weighted by molar-refractivity contribution is 7.99. The molecule has 1 aromatic rings.